The van der Waals surface area contributed by atoms with Crippen LogP contribution in [0.4, 0.5) is 0 Å². The molecule has 1 saturated carbocycles. The van der Waals surface area contributed by atoms with Crippen LogP contribution in [0, 0.1) is 22.7 Å². The summed E-state index contributed by atoms with van der Waals surface area (Å²) in [6.07, 6.45) is 0. The molecule has 2 heterocycles. The number of fused-ring (bicyclic) bond motifs is 8. The predicted molar refractivity (Wildman–Crippen MR) is 76.3 cm³/mol. The van der Waals surface area contributed by atoms with Crippen molar-refractivity contribution in [3.63, 3.8) is 0 Å². The zero-order valence-electron chi connectivity index (χ0n) is 11.5. The standard InChI is InChI=1S/C18H10N2O2/c19-9-17-15(11-5-1-3-7-13(11)21-17)18(10-20)16(17)12-6-2-4-8-14(12)22-18/h1-8,15-16H. The van der Waals surface area contributed by atoms with E-state index in [-0.39, 0.29) is 11.8 Å². The Balaban J connectivity index is 1.79. The van der Waals surface area contributed by atoms with Crippen LogP contribution in [0.3, 0.4) is 0 Å². The number of nitriles is 2. The van der Waals surface area contributed by atoms with E-state index in [2.05, 4.69) is 12.1 Å². The number of hydrogen-bond acceptors (Lipinski definition) is 4. The molecule has 2 aromatic carbocycles. The van der Waals surface area contributed by atoms with Gasteiger partial charge in [-0.1, -0.05) is 36.4 Å². The third kappa shape index (κ3) is 0.972. The maximum atomic E-state index is 9.86. The minimum absolute atomic E-state index is 0.386. The summed E-state index contributed by atoms with van der Waals surface area (Å²) in [6.45, 7) is 0. The highest BCUT2D eigenvalue weighted by atomic mass is 16.5. The summed E-state index contributed by atoms with van der Waals surface area (Å²) in [5.74, 6) is 0.588. The second-order valence-corrected chi connectivity index (χ2v) is 5.96. The van der Waals surface area contributed by atoms with Gasteiger partial charge in [0.15, 0.2) is 0 Å². The van der Waals surface area contributed by atoms with Gasteiger partial charge < -0.3 is 9.47 Å². The van der Waals surface area contributed by atoms with Gasteiger partial charge in [-0.15, -0.1) is 0 Å². The first-order chi connectivity index (χ1) is 10.8. The zero-order chi connectivity index (χ0) is 14.9. The summed E-state index contributed by atoms with van der Waals surface area (Å²) in [4.78, 5) is 0. The molecule has 2 aromatic rings. The fraction of sp³-hybridized carbons (Fsp3) is 0.222. The van der Waals surface area contributed by atoms with Crippen molar-refractivity contribution in [3.8, 4) is 23.6 Å². The van der Waals surface area contributed by atoms with E-state index in [0.717, 1.165) is 11.1 Å². The van der Waals surface area contributed by atoms with Gasteiger partial charge in [0.05, 0.1) is 11.8 Å². The number of para-hydroxylation sites is 2. The molecule has 0 aromatic heterocycles. The van der Waals surface area contributed by atoms with Gasteiger partial charge in [-0.25, -0.2) is 0 Å². The van der Waals surface area contributed by atoms with Gasteiger partial charge >= 0.3 is 0 Å². The van der Waals surface area contributed by atoms with E-state index in [1.807, 2.05) is 48.5 Å². The molecule has 1 aliphatic carbocycles. The number of benzene rings is 2. The van der Waals surface area contributed by atoms with Crippen molar-refractivity contribution in [1.82, 2.24) is 0 Å². The molecule has 2 aliphatic heterocycles. The third-order valence-electron chi connectivity index (χ3n) is 5.08. The molecule has 3 aliphatic rings. The second-order valence-electron chi connectivity index (χ2n) is 5.96. The molecule has 22 heavy (non-hydrogen) atoms. The topological polar surface area (TPSA) is 66.0 Å². The SMILES string of the molecule is N#CC12Oc3ccccc3C1C1(C#N)Oc3ccccc3C21. The van der Waals surface area contributed by atoms with Crippen LogP contribution in [0.15, 0.2) is 48.5 Å². The Kier molecular flexibility index (Phi) is 1.82. The van der Waals surface area contributed by atoms with Crippen LogP contribution in [-0.2, 0) is 0 Å². The molecule has 4 nitrogen and oxygen atoms in total. The lowest BCUT2D eigenvalue weighted by atomic mass is 9.49. The summed E-state index contributed by atoms with van der Waals surface area (Å²) >= 11 is 0. The monoisotopic (exact) mass is 286 g/mol. The molecule has 0 spiro atoms. The van der Waals surface area contributed by atoms with E-state index in [9.17, 15) is 10.5 Å². The first kappa shape index (κ1) is 11.7. The molecule has 0 amide bonds. The van der Waals surface area contributed by atoms with Crippen LogP contribution < -0.4 is 9.47 Å². The Hall–Kier alpha value is -2.98. The fourth-order valence-electron chi connectivity index (χ4n) is 4.33. The van der Waals surface area contributed by atoms with Gasteiger partial charge in [-0.3, -0.25) is 0 Å². The number of hydrogen-bond donors (Lipinski definition) is 0. The predicted octanol–water partition coefficient (Wildman–Crippen LogP) is 2.88. The van der Waals surface area contributed by atoms with Crippen molar-refractivity contribution in [2.75, 3.05) is 0 Å². The molecule has 0 saturated heterocycles. The Morgan fingerprint density at radius 1 is 0.727 bits per heavy atom. The van der Waals surface area contributed by atoms with Gasteiger partial charge in [0.25, 0.3) is 0 Å². The number of rotatable bonds is 0. The highest BCUT2D eigenvalue weighted by molar-refractivity contribution is 5.65. The van der Waals surface area contributed by atoms with Crippen molar-refractivity contribution in [2.45, 2.75) is 23.0 Å². The molecule has 5 rings (SSSR count). The Morgan fingerprint density at radius 3 is 1.55 bits per heavy atom. The lowest BCUT2D eigenvalue weighted by Crippen LogP contribution is -2.69. The van der Waals surface area contributed by atoms with Gasteiger partial charge in [0.1, 0.15) is 23.6 Å². The summed E-state index contributed by atoms with van der Waals surface area (Å²) < 4.78 is 12.1. The molecule has 0 atom stereocenters. The fourth-order valence-corrected chi connectivity index (χ4v) is 4.33. The van der Waals surface area contributed by atoms with Crippen molar-refractivity contribution in [2.24, 2.45) is 0 Å². The summed E-state index contributed by atoms with van der Waals surface area (Å²) in [6, 6.07) is 19.8. The highest BCUT2D eigenvalue weighted by Gasteiger charge is 2.82. The maximum Gasteiger partial charge on any atom is 0.217 e. The quantitative estimate of drug-likeness (QED) is 0.747. The molecule has 1 fully saturated rings. The van der Waals surface area contributed by atoms with E-state index in [1.165, 1.54) is 0 Å². The summed E-state index contributed by atoms with van der Waals surface area (Å²) in [5.41, 5.74) is -0.331. The van der Waals surface area contributed by atoms with E-state index in [1.54, 1.807) is 0 Å². The highest BCUT2D eigenvalue weighted by Crippen LogP contribution is 2.72. The van der Waals surface area contributed by atoms with E-state index in [0.29, 0.717) is 11.5 Å². The van der Waals surface area contributed by atoms with E-state index in [4.69, 9.17) is 9.47 Å². The lowest BCUT2D eigenvalue weighted by Gasteiger charge is -2.52. The van der Waals surface area contributed by atoms with Crippen molar-refractivity contribution in [1.29, 1.82) is 10.5 Å². The van der Waals surface area contributed by atoms with Gasteiger partial charge in [-0.05, 0) is 12.1 Å². The maximum absolute atomic E-state index is 9.86. The Bertz CT molecular complexity index is 822. The minimum atomic E-state index is -1.05. The van der Waals surface area contributed by atoms with Crippen molar-refractivity contribution in [3.05, 3.63) is 59.7 Å². The Labute approximate surface area is 127 Å². The molecular weight excluding hydrogens is 276 g/mol. The molecule has 4 heteroatoms. The zero-order valence-corrected chi connectivity index (χ0v) is 11.5. The first-order valence-electron chi connectivity index (χ1n) is 7.15. The number of nitrogens with zero attached hydrogens (tertiary/aromatic N) is 2. The average molecular weight is 286 g/mol. The largest absolute Gasteiger partial charge is 0.470 e. The van der Waals surface area contributed by atoms with Crippen molar-refractivity contribution >= 4 is 0 Å². The molecule has 0 radical (unpaired) electrons. The summed E-state index contributed by atoms with van der Waals surface area (Å²) in [7, 11) is 0. The second kappa shape index (κ2) is 3.43. The molecular formula is C18H10N2O2. The van der Waals surface area contributed by atoms with Crippen LogP contribution >= 0.6 is 0 Å². The van der Waals surface area contributed by atoms with Gasteiger partial charge in [-0.2, -0.15) is 10.5 Å². The summed E-state index contributed by atoms with van der Waals surface area (Å²) in [5, 5.41) is 19.7. The normalized spacial score (nSPS) is 35.4. The van der Waals surface area contributed by atoms with Crippen LogP contribution in [0.1, 0.15) is 23.0 Å². The first-order valence-corrected chi connectivity index (χ1v) is 7.15. The average Bonchev–Trinajstić information content (AvgIpc) is 3.01. The minimum Gasteiger partial charge on any atom is -0.470 e. The molecule has 0 N–H and O–H groups in total. The number of ether oxygens (including phenoxy) is 2. The van der Waals surface area contributed by atoms with Crippen LogP contribution in [0.25, 0.3) is 0 Å². The molecule has 0 bridgehead atoms. The van der Waals surface area contributed by atoms with Crippen LogP contribution in [0.2, 0.25) is 0 Å². The van der Waals surface area contributed by atoms with Gasteiger partial charge in [0, 0.05) is 11.1 Å². The Morgan fingerprint density at radius 2 is 1.14 bits per heavy atom. The van der Waals surface area contributed by atoms with Gasteiger partial charge in [0.2, 0.25) is 11.2 Å². The van der Waals surface area contributed by atoms with Crippen LogP contribution in [-0.4, -0.2) is 11.2 Å². The van der Waals surface area contributed by atoms with E-state index >= 15 is 0 Å². The third-order valence-corrected chi connectivity index (χ3v) is 5.08. The smallest absolute Gasteiger partial charge is 0.217 e. The molecule has 104 valence electrons. The molecule has 0 unspecified atom stereocenters. The lowest BCUT2D eigenvalue weighted by molar-refractivity contribution is -0.102. The van der Waals surface area contributed by atoms with Crippen molar-refractivity contribution < 1.29 is 9.47 Å². The van der Waals surface area contributed by atoms with E-state index < -0.39 is 11.2 Å². The van der Waals surface area contributed by atoms with Crippen LogP contribution in [0.5, 0.6) is 11.5 Å².